The van der Waals surface area contributed by atoms with E-state index in [1.807, 2.05) is 53.4 Å². The van der Waals surface area contributed by atoms with Gasteiger partial charge in [0.25, 0.3) is 5.91 Å². The molecule has 4 aromatic rings. The smallest absolute Gasteiger partial charge is 0.252 e. The number of carbonyl (C=O) groups excluding carboxylic acids is 1. The van der Waals surface area contributed by atoms with Crippen molar-refractivity contribution in [2.24, 2.45) is 7.05 Å². The number of ether oxygens (including phenoxy) is 1. The highest BCUT2D eigenvalue weighted by atomic mass is 32.2. The van der Waals surface area contributed by atoms with E-state index >= 15 is 0 Å². The summed E-state index contributed by atoms with van der Waals surface area (Å²) in [5.74, 6) is 0.776. The molecule has 2 aromatic carbocycles. The number of methoxy groups -OCH3 is 1. The van der Waals surface area contributed by atoms with Gasteiger partial charge in [-0.1, -0.05) is 30.3 Å². The van der Waals surface area contributed by atoms with Crippen molar-refractivity contribution >= 4 is 27.3 Å². The summed E-state index contributed by atoms with van der Waals surface area (Å²) in [5, 5.41) is 4.87. The quantitative estimate of drug-likeness (QED) is 0.369. The third-order valence-corrected chi connectivity index (χ3v) is 7.54. The van der Waals surface area contributed by atoms with Gasteiger partial charge in [0.05, 0.1) is 12.0 Å². The van der Waals surface area contributed by atoms with Crippen LogP contribution in [0, 0.1) is 0 Å². The van der Waals surface area contributed by atoms with E-state index in [0.717, 1.165) is 10.4 Å². The number of nitrogens with zero attached hydrogens (tertiary/aromatic N) is 2. The maximum Gasteiger partial charge on any atom is 0.252 e. The highest BCUT2D eigenvalue weighted by Gasteiger charge is 2.25. The minimum Gasteiger partial charge on any atom is -0.496 e. The Morgan fingerprint density at radius 1 is 1.15 bits per heavy atom. The molecule has 2 heterocycles. The molecule has 2 N–H and O–H groups in total. The molecule has 1 atom stereocenters. The van der Waals surface area contributed by atoms with Crippen molar-refractivity contribution in [1.29, 1.82) is 0 Å². The summed E-state index contributed by atoms with van der Waals surface area (Å²) in [6, 6.07) is 16.4. The van der Waals surface area contributed by atoms with Crippen LogP contribution in [0.2, 0.25) is 0 Å². The highest BCUT2D eigenvalue weighted by molar-refractivity contribution is 7.89. The monoisotopic (exact) mass is 496 g/mol. The Bertz CT molecular complexity index is 1380. The molecule has 4 rings (SSSR count). The minimum atomic E-state index is -3.79. The second-order valence-corrected chi connectivity index (χ2v) is 10.3. The molecule has 2 aromatic heterocycles. The highest BCUT2D eigenvalue weighted by Crippen LogP contribution is 2.29. The van der Waals surface area contributed by atoms with E-state index in [9.17, 15) is 13.2 Å². The first-order valence-corrected chi connectivity index (χ1v) is 12.8. The lowest BCUT2D eigenvalue weighted by atomic mass is 10.0. The molecule has 0 saturated carbocycles. The van der Waals surface area contributed by atoms with E-state index in [-0.39, 0.29) is 17.0 Å². The number of hydrogen-bond acceptors (Lipinski definition) is 6. The predicted octanol–water partition coefficient (Wildman–Crippen LogP) is 3.49. The Labute approximate surface area is 202 Å². The molecule has 0 fully saturated rings. The summed E-state index contributed by atoms with van der Waals surface area (Å²) >= 11 is 1.47. The molecule has 1 unspecified atom stereocenters. The van der Waals surface area contributed by atoms with Crippen molar-refractivity contribution in [3.8, 4) is 5.75 Å². The van der Waals surface area contributed by atoms with Crippen molar-refractivity contribution in [1.82, 2.24) is 19.6 Å². The fraction of sp³-hybridized carbons (Fsp3) is 0.167. The molecule has 176 valence electrons. The number of carbonyl (C=O) groups is 1. The second-order valence-electron chi connectivity index (χ2n) is 7.48. The van der Waals surface area contributed by atoms with Crippen LogP contribution in [-0.4, -0.2) is 31.0 Å². The number of amides is 1. The van der Waals surface area contributed by atoms with Crippen LogP contribution >= 0.6 is 11.3 Å². The standard InChI is InChI=1S/C24H24N4O4S2/c1-28-13-12-25-23(28)22(20-10-3-4-11-21(20)32-2)27-24(29)17-7-5-9-19(15-17)34(30,31)26-16-18-8-6-14-33-18/h3-15,22,26H,16H2,1-2H3,(H,27,29). The lowest BCUT2D eigenvalue weighted by molar-refractivity contribution is 0.0940. The first-order chi connectivity index (χ1) is 16.4. The van der Waals surface area contributed by atoms with Gasteiger partial charge in [-0.25, -0.2) is 18.1 Å². The van der Waals surface area contributed by atoms with Crippen LogP contribution in [0.4, 0.5) is 0 Å². The molecule has 0 radical (unpaired) electrons. The zero-order valence-electron chi connectivity index (χ0n) is 18.6. The molecule has 1 amide bonds. The van der Waals surface area contributed by atoms with Gasteiger partial charge in [0.2, 0.25) is 10.0 Å². The Kier molecular flexibility index (Phi) is 7.11. The number of benzene rings is 2. The van der Waals surface area contributed by atoms with Crippen molar-refractivity contribution in [3.05, 3.63) is 100 Å². The molecule has 0 saturated heterocycles. The zero-order chi connectivity index (χ0) is 24.1. The SMILES string of the molecule is COc1ccccc1C(NC(=O)c1cccc(S(=O)(=O)NCc2cccs2)c1)c1nccn1C. The maximum atomic E-state index is 13.3. The number of aromatic nitrogens is 2. The fourth-order valence-corrected chi connectivity index (χ4v) is 5.31. The summed E-state index contributed by atoms with van der Waals surface area (Å²) < 4.78 is 35.5. The normalized spacial score (nSPS) is 12.3. The van der Waals surface area contributed by atoms with E-state index in [1.54, 1.807) is 31.6 Å². The van der Waals surface area contributed by atoms with E-state index in [0.29, 0.717) is 11.6 Å². The Hall–Kier alpha value is -3.47. The number of aryl methyl sites for hydroxylation is 1. The van der Waals surface area contributed by atoms with Crippen molar-refractivity contribution in [2.75, 3.05) is 7.11 Å². The van der Waals surface area contributed by atoms with E-state index in [2.05, 4.69) is 15.0 Å². The van der Waals surface area contributed by atoms with Gasteiger partial charge in [-0.2, -0.15) is 0 Å². The van der Waals surface area contributed by atoms with Gasteiger partial charge >= 0.3 is 0 Å². The molecular weight excluding hydrogens is 472 g/mol. The number of rotatable bonds is 9. The van der Waals surface area contributed by atoms with Gasteiger partial charge in [0.1, 0.15) is 17.6 Å². The van der Waals surface area contributed by atoms with Gasteiger partial charge in [-0.3, -0.25) is 4.79 Å². The topological polar surface area (TPSA) is 102 Å². The van der Waals surface area contributed by atoms with E-state index in [1.165, 1.54) is 23.5 Å². The van der Waals surface area contributed by atoms with Crippen LogP contribution in [-0.2, 0) is 23.6 Å². The summed E-state index contributed by atoms with van der Waals surface area (Å²) in [4.78, 5) is 18.6. The molecular formula is C24H24N4O4S2. The first kappa shape index (κ1) is 23.7. The van der Waals surface area contributed by atoms with Crippen LogP contribution in [0.1, 0.15) is 32.7 Å². The average molecular weight is 497 g/mol. The van der Waals surface area contributed by atoms with Crippen molar-refractivity contribution in [3.63, 3.8) is 0 Å². The van der Waals surface area contributed by atoms with Gasteiger partial charge in [-0.05, 0) is 35.7 Å². The largest absolute Gasteiger partial charge is 0.496 e. The van der Waals surface area contributed by atoms with E-state index < -0.39 is 22.0 Å². The molecule has 0 aliphatic heterocycles. The summed E-state index contributed by atoms with van der Waals surface area (Å²) in [6.45, 7) is 0.186. The molecule has 0 aliphatic carbocycles. The van der Waals surface area contributed by atoms with Crippen LogP contribution in [0.3, 0.4) is 0 Å². The number of para-hydroxylation sites is 1. The number of thiophene rings is 1. The molecule has 0 aliphatic rings. The predicted molar refractivity (Wildman–Crippen MR) is 130 cm³/mol. The average Bonchev–Trinajstić information content (AvgIpc) is 3.53. The van der Waals surface area contributed by atoms with Crippen LogP contribution < -0.4 is 14.8 Å². The van der Waals surface area contributed by atoms with Crippen molar-refractivity contribution in [2.45, 2.75) is 17.5 Å². The minimum absolute atomic E-state index is 0.0162. The molecule has 34 heavy (non-hydrogen) atoms. The van der Waals surface area contributed by atoms with Crippen molar-refractivity contribution < 1.29 is 17.9 Å². The summed E-state index contributed by atoms with van der Waals surface area (Å²) in [5.41, 5.74) is 0.946. The summed E-state index contributed by atoms with van der Waals surface area (Å²) in [7, 11) is -0.394. The van der Waals surface area contributed by atoms with Crippen LogP contribution in [0.15, 0.2) is 83.3 Å². The lowest BCUT2D eigenvalue weighted by Crippen LogP contribution is -2.31. The molecule has 8 nitrogen and oxygen atoms in total. The van der Waals surface area contributed by atoms with Gasteiger partial charge in [0, 0.05) is 42.0 Å². The number of sulfonamides is 1. The number of hydrogen-bond donors (Lipinski definition) is 2. The van der Waals surface area contributed by atoms with Gasteiger partial charge in [0.15, 0.2) is 0 Å². The Balaban J connectivity index is 1.61. The zero-order valence-corrected chi connectivity index (χ0v) is 20.3. The Morgan fingerprint density at radius 2 is 1.97 bits per heavy atom. The fourth-order valence-electron chi connectivity index (χ4n) is 3.52. The number of nitrogens with one attached hydrogen (secondary N) is 2. The van der Waals surface area contributed by atoms with Gasteiger partial charge < -0.3 is 14.6 Å². The van der Waals surface area contributed by atoms with Crippen LogP contribution in [0.5, 0.6) is 5.75 Å². The second kappa shape index (κ2) is 10.2. The molecule has 0 bridgehead atoms. The van der Waals surface area contributed by atoms with E-state index in [4.69, 9.17) is 4.74 Å². The summed E-state index contributed by atoms with van der Waals surface area (Å²) in [6.07, 6.45) is 3.44. The maximum absolute atomic E-state index is 13.3. The Morgan fingerprint density at radius 3 is 2.68 bits per heavy atom. The lowest BCUT2D eigenvalue weighted by Gasteiger charge is -2.21. The third kappa shape index (κ3) is 5.19. The molecule has 10 heteroatoms. The van der Waals surface area contributed by atoms with Gasteiger partial charge in [-0.15, -0.1) is 11.3 Å². The third-order valence-electron chi connectivity index (χ3n) is 5.27. The van der Waals surface area contributed by atoms with Crippen LogP contribution in [0.25, 0.3) is 0 Å². The number of imidazole rings is 1. The first-order valence-electron chi connectivity index (χ1n) is 10.4. The molecule has 0 spiro atoms.